The van der Waals surface area contributed by atoms with Gasteiger partial charge in [0.05, 0.1) is 18.5 Å². The number of esters is 1. The van der Waals surface area contributed by atoms with Gasteiger partial charge in [-0.3, -0.25) is 4.79 Å². The summed E-state index contributed by atoms with van der Waals surface area (Å²) in [6.07, 6.45) is 3.54. The van der Waals surface area contributed by atoms with Crippen molar-refractivity contribution in [2.45, 2.75) is 38.1 Å². The van der Waals surface area contributed by atoms with E-state index >= 15 is 0 Å². The molecule has 1 heterocycles. The SMILES string of the molecule is COC(=O)COc1cccc2c1c1c(n2Cc2ccccc2)CCCCC1C(N)=O. The van der Waals surface area contributed by atoms with Gasteiger partial charge in [0.1, 0.15) is 5.75 Å². The first-order chi connectivity index (χ1) is 14.6. The maximum absolute atomic E-state index is 12.4. The van der Waals surface area contributed by atoms with E-state index in [2.05, 4.69) is 16.7 Å². The number of hydrogen-bond donors (Lipinski definition) is 1. The van der Waals surface area contributed by atoms with E-state index in [0.29, 0.717) is 12.3 Å². The van der Waals surface area contributed by atoms with Crippen LogP contribution in [0, 0.1) is 0 Å². The predicted molar refractivity (Wildman–Crippen MR) is 114 cm³/mol. The maximum atomic E-state index is 12.4. The first kappa shape index (κ1) is 20.0. The van der Waals surface area contributed by atoms with Gasteiger partial charge < -0.3 is 19.8 Å². The molecular weight excluding hydrogens is 380 g/mol. The number of carbonyl (C=O) groups is 2. The largest absolute Gasteiger partial charge is 0.481 e. The number of nitrogens with two attached hydrogens (primary N) is 1. The fourth-order valence-corrected chi connectivity index (χ4v) is 4.43. The lowest BCUT2D eigenvalue weighted by atomic mass is 9.92. The molecule has 1 aliphatic rings. The van der Waals surface area contributed by atoms with Gasteiger partial charge in [-0.1, -0.05) is 42.8 Å². The molecule has 2 N–H and O–H groups in total. The van der Waals surface area contributed by atoms with Crippen LogP contribution in [0.1, 0.15) is 42.0 Å². The molecule has 2 aromatic carbocycles. The van der Waals surface area contributed by atoms with Gasteiger partial charge in [0.25, 0.3) is 0 Å². The normalized spacial score (nSPS) is 16.0. The van der Waals surface area contributed by atoms with Gasteiger partial charge in [-0.05, 0) is 42.5 Å². The number of methoxy groups -OCH3 is 1. The highest BCUT2D eigenvalue weighted by molar-refractivity contribution is 5.97. The predicted octanol–water partition coefficient (Wildman–Crippen LogP) is 3.54. The average Bonchev–Trinajstić information content (AvgIpc) is 2.91. The average molecular weight is 406 g/mol. The van der Waals surface area contributed by atoms with Crippen molar-refractivity contribution >= 4 is 22.8 Å². The number of nitrogens with zero attached hydrogens (tertiary/aromatic N) is 1. The van der Waals surface area contributed by atoms with Gasteiger partial charge in [0.15, 0.2) is 6.61 Å². The van der Waals surface area contributed by atoms with E-state index in [0.717, 1.165) is 47.8 Å². The molecular formula is C24H26N2O4. The van der Waals surface area contributed by atoms with Crippen molar-refractivity contribution in [3.8, 4) is 5.75 Å². The van der Waals surface area contributed by atoms with Crippen molar-refractivity contribution in [3.63, 3.8) is 0 Å². The molecule has 0 bridgehead atoms. The molecule has 0 spiro atoms. The van der Waals surface area contributed by atoms with Crippen LogP contribution < -0.4 is 10.5 Å². The molecule has 0 radical (unpaired) electrons. The second-order valence-corrected chi connectivity index (χ2v) is 7.65. The highest BCUT2D eigenvalue weighted by atomic mass is 16.6. The van der Waals surface area contributed by atoms with Crippen molar-refractivity contribution in [2.75, 3.05) is 13.7 Å². The Morgan fingerprint density at radius 2 is 1.90 bits per heavy atom. The number of fused-ring (bicyclic) bond motifs is 3. The minimum absolute atomic E-state index is 0.185. The van der Waals surface area contributed by atoms with Crippen LogP contribution in [0.2, 0.25) is 0 Å². The van der Waals surface area contributed by atoms with Crippen LogP contribution in [0.5, 0.6) is 5.75 Å². The molecule has 1 amide bonds. The fourth-order valence-electron chi connectivity index (χ4n) is 4.43. The summed E-state index contributed by atoms with van der Waals surface area (Å²) in [5.74, 6) is -0.563. The minimum atomic E-state index is -0.451. The van der Waals surface area contributed by atoms with Gasteiger partial charge in [-0.25, -0.2) is 4.79 Å². The van der Waals surface area contributed by atoms with Crippen LogP contribution in [0.3, 0.4) is 0 Å². The Balaban J connectivity index is 1.91. The summed E-state index contributed by atoms with van der Waals surface area (Å²) < 4.78 is 12.8. The molecule has 0 fully saturated rings. The highest BCUT2D eigenvalue weighted by Crippen LogP contribution is 2.42. The summed E-state index contributed by atoms with van der Waals surface area (Å²) >= 11 is 0. The zero-order valence-corrected chi connectivity index (χ0v) is 17.1. The molecule has 1 aliphatic carbocycles. The number of hydrogen-bond acceptors (Lipinski definition) is 4. The van der Waals surface area contributed by atoms with Crippen molar-refractivity contribution in [2.24, 2.45) is 5.73 Å². The monoisotopic (exact) mass is 406 g/mol. The van der Waals surface area contributed by atoms with Gasteiger partial charge in [-0.15, -0.1) is 0 Å². The third kappa shape index (κ3) is 3.77. The third-order valence-electron chi connectivity index (χ3n) is 5.81. The van der Waals surface area contributed by atoms with E-state index in [1.54, 1.807) is 0 Å². The second-order valence-electron chi connectivity index (χ2n) is 7.65. The van der Waals surface area contributed by atoms with Crippen LogP contribution in [-0.4, -0.2) is 30.2 Å². The molecule has 1 atom stereocenters. The number of ether oxygens (including phenoxy) is 2. The van der Waals surface area contributed by atoms with Crippen LogP contribution in [-0.2, 0) is 27.3 Å². The molecule has 6 nitrogen and oxygen atoms in total. The molecule has 6 heteroatoms. The molecule has 3 aromatic rings. The van der Waals surface area contributed by atoms with E-state index in [1.165, 1.54) is 12.7 Å². The topological polar surface area (TPSA) is 83.6 Å². The molecule has 1 unspecified atom stereocenters. The molecule has 0 saturated carbocycles. The first-order valence-corrected chi connectivity index (χ1v) is 10.3. The van der Waals surface area contributed by atoms with Crippen molar-refractivity contribution < 1.29 is 19.1 Å². The lowest BCUT2D eigenvalue weighted by Crippen LogP contribution is -2.21. The minimum Gasteiger partial charge on any atom is -0.481 e. The standard InChI is InChI=1S/C24H26N2O4/c1-29-21(27)15-30-20-13-7-12-19-23(20)22-17(24(25)28)10-5-6-11-18(22)26(19)14-16-8-3-2-4-9-16/h2-4,7-9,12-13,17H,5-6,10-11,14-15H2,1H3,(H2,25,28). The highest BCUT2D eigenvalue weighted by Gasteiger charge is 2.31. The number of benzene rings is 2. The summed E-state index contributed by atoms with van der Waals surface area (Å²) in [7, 11) is 1.33. The lowest BCUT2D eigenvalue weighted by Gasteiger charge is -2.14. The van der Waals surface area contributed by atoms with E-state index in [-0.39, 0.29) is 18.4 Å². The molecule has 30 heavy (non-hydrogen) atoms. The molecule has 0 saturated heterocycles. The zero-order chi connectivity index (χ0) is 21.1. The Morgan fingerprint density at radius 1 is 1.10 bits per heavy atom. The van der Waals surface area contributed by atoms with E-state index in [1.807, 2.05) is 36.4 Å². The van der Waals surface area contributed by atoms with Crippen LogP contribution in [0.4, 0.5) is 0 Å². The fraction of sp³-hybridized carbons (Fsp3) is 0.333. The Labute approximate surface area is 175 Å². The van der Waals surface area contributed by atoms with Gasteiger partial charge in [-0.2, -0.15) is 0 Å². The number of primary amides is 1. The van der Waals surface area contributed by atoms with Crippen LogP contribution in [0.15, 0.2) is 48.5 Å². The number of aromatic nitrogens is 1. The summed E-state index contributed by atoms with van der Waals surface area (Å²) in [6, 6.07) is 16.0. The van der Waals surface area contributed by atoms with Crippen LogP contribution in [0.25, 0.3) is 10.9 Å². The zero-order valence-electron chi connectivity index (χ0n) is 17.1. The Hall–Kier alpha value is -3.28. The van der Waals surface area contributed by atoms with Gasteiger partial charge in [0, 0.05) is 17.6 Å². The summed E-state index contributed by atoms with van der Waals surface area (Å²) in [5, 5.41) is 0.873. The van der Waals surface area contributed by atoms with E-state index in [4.69, 9.17) is 15.2 Å². The van der Waals surface area contributed by atoms with E-state index < -0.39 is 5.97 Å². The Bertz CT molecular complexity index is 1070. The number of carbonyl (C=O) groups excluding carboxylic acids is 2. The van der Waals surface area contributed by atoms with Gasteiger partial charge >= 0.3 is 5.97 Å². The van der Waals surface area contributed by atoms with Gasteiger partial charge in [0.2, 0.25) is 5.91 Å². The summed E-state index contributed by atoms with van der Waals surface area (Å²) in [4.78, 5) is 24.1. The van der Waals surface area contributed by atoms with Crippen LogP contribution >= 0.6 is 0 Å². The summed E-state index contributed by atoms with van der Waals surface area (Å²) in [6.45, 7) is 0.508. The smallest absolute Gasteiger partial charge is 0.343 e. The maximum Gasteiger partial charge on any atom is 0.343 e. The Kier molecular flexibility index (Phi) is 5.74. The molecule has 0 aliphatic heterocycles. The second kappa shape index (κ2) is 8.61. The number of amides is 1. The van der Waals surface area contributed by atoms with Crippen molar-refractivity contribution in [3.05, 3.63) is 65.4 Å². The number of rotatable bonds is 6. The lowest BCUT2D eigenvalue weighted by molar-refractivity contribution is -0.142. The summed E-state index contributed by atoms with van der Waals surface area (Å²) in [5.41, 5.74) is 10.1. The molecule has 1 aromatic heterocycles. The van der Waals surface area contributed by atoms with E-state index in [9.17, 15) is 9.59 Å². The first-order valence-electron chi connectivity index (χ1n) is 10.3. The van der Waals surface area contributed by atoms with Crippen molar-refractivity contribution in [1.29, 1.82) is 0 Å². The molecule has 156 valence electrons. The third-order valence-corrected chi connectivity index (χ3v) is 5.81. The van der Waals surface area contributed by atoms with Crippen molar-refractivity contribution in [1.82, 2.24) is 4.57 Å². The molecule has 4 rings (SSSR count). The quantitative estimate of drug-likeness (QED) is 0.501. The Morgan fingerprint density at radius 3 is 2.63 bits per heavy atom.